The van der Waals surface area contributed by atoms with Crippen LogP contribution in [-0.4, -0.2) is 22.1 Å². The number of carbonyl (C=O) groups is 1. The molecule has 26 heavy (non-hydrogen) atoms. The van der Waals surface area contributed by atoms with Crippen molar-refractivity contribution in [2.45, 2.75) is 31.9 Å². The fourth-order valence-corrected chi connectivity index (χ4v) is 4.13. The predicted octanol–water partition coefficient (Wildman–Crippen LogP) is 4.83. The number of amides is 1. The Morgan fingerprint density at radius 3 is 2.62 bits per heavy atom. The van der Waals surface area contributed by atoms with Crippen LogP contribution < -0.4 is 0 Å². The maximum Gasteiger partial charge on any atom is 0.410 e. The van der Waals surface area contributed by atoms with Crippen LogP contribution in [0, 0.1) is 0 Å². The third kappa shape index (κ3) is 2.75. The summed E-state index contributed by atoms with van der Waals surface area (Å²) in [5.41, 5.74) is 3.01. The number of aromatic nitrogens is 1. The first kappa shape index (κ1) is 16.7. The normalized spacial score (nSPS) is 19.8. The van der Waals surface area contributed by atoms with Gasteiger partial charge in [-0.2, -0.15) is 0 Å². The van der Waals surface area contributed by atoms with Crippen molar-refractivity contribution in [2.75, 3.05) is 6.54 Å². The fourth-order valence-electron chi connectivity index (χ4n) is 4.13. The second-order valence-electron chi connectivity index (χ2n) is 7.22. The maximum absolute atomic E-state index is 12.8. The van der Waals surface area contributed by atoms with Gasteiger partial charge in [-0.1, -0.05) is 48.5 Å². The van der Waals surface area contributed by atoms with Gasteiger partial charge in [0.1, 0.15) is 6.61 Å². The van der Waals surface area contributed by atoms with Gasteiger partial charge in [-0.25, -0.2) is 4.79 Å². The molecule has 1 amide bonds. The molecule has 4 nitrogen and oxygen atoms in total. The van der Waals surface area contributed by atoms with Crippen molar-refractivity contribution in [1.82, 2.24) is 9.47 Å². The van der Waals surface area contributed by atoms with Crippen LogP contribution >= 0.6 is 0 Å². The van der Waals surface area contributed by atoms with Crippen molar-refractivity contribution < 1.29 is 9.53 Å². The summed E-state index contributed by atoms with van der Waals surface area (Å²) >= 11 is 0. The highest BCUT2D eigenvalue weighted by molar-refractivity contribution is 5.82. The van der Waals surface area contributed by atoms with Gasteiger partial charge >= 0.3 is 6.09 Å². The quantitative estimate of drug-likeness (QED) is 0.680. The van der Waals surface area contributed by atoms with Crippen molar-refractivity contribution in [3.05, 3.63) is 71.9 Å². The van der Waals surface area contributed by atoms with E-state index in [9.17, 15) is 4.79 Å². The van der Waals surface area contributed by atoms with Crippen molar-refractivity contribution in [2.24, 2.45) is 7.05 Å². The van der Waals surface area contributed by atoms with Crippen LogP contribution in [0.2, 0.25) is 0 Å². The van der Waals surface area contributed by atoms with Gasteiger partial charge in [0.05, 0.1) is 5.54 Å². The third-order valence-electron chi connectivity index (χ3n) is 5.57. The Labute approximate surface area is 154 Å². The third-order valence-corrected chi connectivity index (χ3v) is 5.57. The van der Waals surface area contributed by atoms with E-state index in [0.717, 1.165) is 30.6 Å². The Morgan fingerprint density at radius 1 is 1.12 bits per heavy atom. The van der Waals surface area contributed by atoms with Crippen molar-refractivity contribution in [1.29, 1.82) is 0 Å². The molecule has 0 bridgehead atoms. The first-order valence-corrected chi connectivity index (χ1v) is 9.13. The zero-order valence-corrected chi connectivity index (χ0v) is 15.3. The molecule has 0 aliphatic carbocycles. The molecule has 0 unspecified atom stereocenters. The highest BCUT2D eigenvalue weighted by Gasteiger charge is 2.43. The highest BCUT2D eigenvalue weighted by Crippen LogP contribution is 2.40. The topological polar surface area (TPSA) is 34.5 Å². The van der Waals surface area contributed by atoms with Gasteiger partial charge in [-0.15, -0.1) is 0 Å². The standard InChI is InChI=1S/C22H24N2O2/c1-22(20-15-18-11-6-7-12-19(18)23(20)2)13-8-14-24(22)21(25)26-16-17-9-4-3-5-10-17/h3-7,9-12,15H,8,13-14,16H2,1-2H3/t22-/m1/s1. The average molecular weight is 348 g/mol. The number of aryl methyl sites for hydroxylation is 1. The molecule has 1 fully saturated rings. The summed E-state index contributed by atoms with van der Waals surface area (Å²) < 4.78 is 7.83. The summed E-state index contributed by atoms with van der Waals surface area (Å²) in [7, 11) is 2.08. The number of carbonyl (C=O) groups excluding carboxylic acids is 1. The minimum atomic E-state index is -0.346. The molecule has 1 saturated heterocycles. The number of para-hydroxylation sites is 1. The van der Waals surface area contributed by atoms with E-state index in [1.807, 2.05) is 35.2 Å². The van der Waals surface area contributed by atoms with Crippen molar-refractivity contribution in [3.63, 3.8) is 0 Å². The SMILES string of the molecule is Cn1c([C@@]2(C)CCCN2C(=O)OCc2ccccc2)cc2ccccc21. The van der Waals surface area contributed by atoms with Gasteiger partial charge in [-0.05, 0) is 42.8 Å². The van der Waals surface area contributed by atoms with E-state index in [4.69, 9.17) is 4.74 Å². The Hall–Kier alpha value is -2.75. The molecule has 2 heterocycles. The van der Waals surface area contributed by atoms with E-state index in [1.165, 1.54) is 10.9 Å². The first-order valence-electron chi connectivity index (χ1n) is 9.13. The highest BCUT2D eigenvalue weighted by atomic mass is 16.6. The molecule has 134 valence electrons. The van der Waals surface area contributed by atoms with Gasteiger partial charge in [0, 0.05) is 24.8 Å². The van der Waals surface area contributed by atoms with Crippen LogP contribution in [0.1, 0.15) is 31.0 Å². The van der Waals surface area contributed by atoms with E-state index in [2.05, 4.69) is 48.9 Å². The van der Waals surface area contributed by atoms with Crippen LogP contribution in [0.15, 0.2) is 60.7 Å². The molecule has 3 aromatic rings. The van der Waals surface area contributed by atoms with E-state index >= 15 is 0 Å². The first-order chi connectivity index (χ1) is 12.6. The summed E-state index contributed by atoms with van der Waals surface area (Å²) in [6.07, 6.45) is 1.69. The van der Waals surface area contributed by atoms with Gasteiger partial charge in [0.15, 0.2) is 0 Å². The number of ether oxygens (including phenoxy) is 1. The number of fused-ring (bicyclic) bond motifs is 1. The minimum Gasteiger partial charge on any atom is -0.445 e. The number of hydrogen-bond acceptors (Lipinski definition) is 2. The van der Waals surface area contributed by atoms with E-state index in [-0.39, 0.29) is 11.6 Å². The lowest BCUT2D eigenvalue weighted by Crippen LogP contribution is -2.44. The van der Waals surface area contributed by atoms with Gasteiger partial charge < -0.3 is 9.30 Å². The Morgan fingerprint density at radius 2 is 1.85 bits per heavy atom. The zero-order valence-electron chi connectivity index (χ0n) is 15.3. The summed E-state index contributed by atoms with van der Waals surface area (Å²) in [6.45, 7) is 3.19. The van der Waals surface area contributed by atoms with Crippen LogP contribution in [0.5, 0.6) is 0 Å². The van der Waals surface area contributed by atoms with E-state index < -0.39 is 0 Å². The van der Waals surface area contributed by atoms with Crippen LogP contribution in [-0.2, 0) is 23.9 Å². The smallest absolute Gasteiger partial charge is 0.410 e. The van der Waals surface area contributed by atoms with E-state index in [1.54, 1.807) is 0 Å². The number of benzene rings is 2. The lowest BCUT2D eigenvalue weighted by Gasteiger charge is -2.35. The van der Waals surface area contributed by atoms with Crippen molar-refractivity contribution >= 4 is 17.0 Å². The molecule has 1 atom stereocenters. The number of rotatable bonds is 3. The second-order valence-corrected chi connectivity index (χ2v) is 7.22. The van der Waals surface area contributed by atoms with Gasteiger partial charge in [0.25, 0.3) is 0 Å². The number of nitrogens with zero attached hydrogens (tertiary/aromatic N) is 2. The Bertz CT molecular complexity index is 932. The van der Waals surface area contributed by atoms with Crippen LogP contribution in [0.3, 0.4) is 0 Å². The zero-order chi connectivity index (χ0) is 18.1. The lowest BCUT2D eigenvalue weighted by molar-refractivity contribution is 0.0673. The molecular formula is C22H24N2O2. The molecule has 4 heteroatoms. The largest absolute Gasteiger partial charge is 0.445 e. The minimum absolute atomic E-state index is 0.237. The van der Waals surface area contributed by atoms with Gasteiger partial charge in [-0.3, -0.25) is 4.90 Å². The molecule has 1 aliphatic heterocycles. The lowest BCUT2D eigenvalue weighted by atomic mass is 9.94. The number of likely N-dealkylation sites (tertiary alicyclic amines) is 1. The number of hydrogen-bond donors (Lipinski definition) is 0. The van der Waals surface area contributed by atoms with Crippen LogP contribution in [0.25, 0.3) is 10.9 Å². The van der Waals surface area contributed by atoms with Crippen LogP contribution in [0.4, 0.5) is 4.79 Å². The maximum atomic E-state index is 12.8. The molecule has 0 radical (unpaired) electrons. The fraction of sp³-hybridized carbons (Fsp3) is 0.318. The monoisotopic (exact) mass is 348 g/mol. The molecule has 0 N–H and O–H groups in total. The molecule has 1 aromatic heterocycles. The van der Waals surface area contributed by atoms with E-state index in [0.29, 0.717) is 6.61 Å². The second kappa shape index (κ2) is 6.52. The molecule has 0 saturated carbocycles. The Balaban J connectivity index is 1.60. The molecule has 2 aromatic carbocycles. The Kier molecular flexibility index (Phi) is 4.19. The van der Waals surface area contributed by atoms with Crippen molar-refractivity contribution in [3.8, 4) is 0 Å². The summed E-state index contributed by atoms with van der Waals surface area (Å²) in [6, 6.07) is 20.4. The predicted molar refractivity (Wildman–Crippen MR) is 103 cm³/mol. The summed E-state index contributed by atoms with van der Waals surface area (Å²) in [5.74, 6) is 0. The average Bonchev–Trinajstić information content (AvgIpc) is 3.22. The summed E-state index contributed by atoms with van der Waals surface area (Å²) in [5, 5.41) is 1.20. The molecule has 4 rings (SSSR count). The summed E-state index contributed by atoms with van der Waals surface area (Å²) in [4.78, 5) is 14.7. The molecular weight excluding hydrogens is 324 g/mol. The molecule has 0 spiro atoms. The molecule has 1 aliphatic rings. The van der Waals surface area contributed by atoms with Gasteiger partial charge in [0.2, 0.25) is 0 Å².